The number of rotatable bonds is 5. The molecule has 0 saturated heterocycles. The molecule has 2 aromatic heterocycles. The highest BCUT2D eigenvalue weighted by Crippen LogP contribution is 2.25. The number of hydrogen-bond acceptors (Lipinski definition) is 4. The van der Waals surface area contributed by atoms with Crippen LogP contribution in [0.25, 0.3) is 0 Å². The lowest BCUT2D eigenvalue weighted by molar-refractivity contribution is 0.198. The highest BCUT2D eigenvalue weighted by molar-refractivity contribution is 7.10. The fourth-order valence-corrected chi connectivity index (χ4v) is 3.03. The third-order valence-corrected chi connectivity index (χ3v) is 4.17. The van der Waals surface area contributed by atoms with Crippen molar-refractivity contribution in [2.24, 2.45) is 5.92 Å². The number of amides is 2. The number of aryl methyl sites for hydroxylation is 1. The van der Waals surface area contributed by atoms with Gasteiger partial charge in [-0.2, -0.15) is 0 Å². The van der Waals surface area contributed by atoms with Crippen LogP contribution in [-0.4, -0.2) is 23.1 Å². The maximum absolute atomic E-state index is 12.3. The van der Waals surface area contributed by atoms with E-state index in [2.05, 4.69) is 30.4 Å². The molecular weight excluding hydrogens is 286 g/mol. The first-order chi connectivity index (χ1) is 9.97. The molecule has 2 rings (SSSR count). The largest absolute Gasteiger partial charge is 0.361 e. The number of nitrogens with zero attached hydrogens (tertiary/aromatic N) is 2. The minimum absolute atomic E-state index is 0.0268. The summed E-state index contributed by atoms with van der Waals surface area (Å²) in [4.78, 5) is 15.1. The Morgan fingerprint density at radius 3 is 2.81 bits per heavy atom. The van der Waals surface area contributed by atoms with Crippen LogP contribution >= 0.6 is 11.3 Å². The number of thiophene rings is 1. The van der Waals surface area contributed by atoms with Crippen molar-refractivity contribution in [3.8, 4) is 0 Å². The van der Waals surface area contributed by atoms with Gasteiger partial charge in [-0.25, -0.2) is 4.79 Å². The van der Waals surface area contributed by atoms with Crippen molar-refractivity contribution in [2.45, 2.75) is 33.4 Å². The van der Waals surface area contributed by atoms with Crippen molar-refractivity contribution in [1.29, 1.82) is 0 Å². The van der Waals surface area contributed by atoms with Crippen LogP contribution < -0.4 is 5.32 Å². The monoisotopic (exact) mass is 307 g/mol. The Balaban J connectivity index is 1.98. The van der Waals surface area contributed by atoms with E-state index in [0.29, 0.717) is 12.5 Å². The molecule has 1 N–H and O–H groups in total. The minimum Gasteiger partial charge on any atom is -0.361 e. The van der Waals surface area contributed by atoms with Gasteiger partial charge in [-0.05, 0) is 24.3 Å². The van der Waals surface area contributed by atoms with Crippen molar-refractivity contribution >= 4 is 17.4 Å². The Morgan fingerprint density at radius 1 is 1.52 bits per heavy atom. The quantitative estimate of drug-likeness (QED) is 0.918. The molecule has 6 heteroatoms. The smallest absolute Gasteiger partial charge is 0.318 e. The van der Waals surface area contributed by atoms with E-state index in [1.165, 1.54) is 4.88 Å². The Labute approximate surface area is 128 Å². The van der Waals surface area contributed by atoms with Gasteiger partial charge in [0.2, 0.25) is 0 Å². The van der Waals surface area contributed by atoms with Gasteiger partial charge in [-0.1, -0.05) is 25.1 Å². The average molecular weight is 307 g/mol. The zero-order valence-electron chi connectivity index (χ0n) is 12.8. The number of aromatic nitrogens is 1. The van der Waals surface area contributed by atoms with Gasteiger partial charge in [-0.3, -0.25) is 0 Å². The first-order valence-electron chi connectivity index (χ1n) is 6.94. The highest BCUT2D eigenvalue weighted by atomic mass is 32.1. The summed E-state index contributed by atoms with van der Waals surface area (Å²) in [5.74, 6) is 1.08. The number of carbonyl (C=O) groups is 1. The number of carbonyl (C=O) groups excluding carboxylic acids is 1. The van der Waals surface area contributed by atoms with Crippen LogP contribution in [0.15, 0.2) is 28.1 Å². The zero-order valence-corrected chi connectivity index (χ0v) is 13.6. The molecule has 0 saturated carbocycles. The third-order valence-electron chi connectivity index (χ3n) is 3.22. The molecule has 0 aliphatic heterocycles. The van der Waals surface area contributed by atoms with E-state index in [4.69, 9.17) is 4.52 Å². The van der Waals surface area contributed by atoms with Crippen molar-refractivity contribution in [2.75, 3.05) is 7.05 Å². The zero-order chi connectivity index (χ0) is 15.4. The summed E-state index contributed by atoms with van der Waals surface area (Å²) >= 11 is 1.66. The molecule has 0 aliphatic carbocycles. The molecule has 0 bridgehead atoms. The second-order valence-corrected chi connectivity index (χ2v) is 6.45. The SMILES string of the molecule is Cc1cc(CN(C)C(=O)NC(c2cccs2)C(C)C)no1. The van der Waals surface area contributed by atoms with Crippen LogP contribution in [-0.2, 0) is 6.54 Å². The normalized spacial score (nSPS) is 12.4. The van der Waals surface area contributed by atoms with Gasteiger partial charge in [0.25, 0.3) is 0 Å². The Bertz CT molecular complexity index is 578. The summed E-state index contributed by atoms with van der Waals surface area (Å²) in [5.41, 5.74) is 0.752. The molecule has 1 unspecified atom stereocenters. The lowest BCUT2D eigenvalue weighted by Gasteiger charge is -2.25. The standard InChI is InChI=1S/C15H21N3O2S/c1-10(2)14(13-6-5-7-21-13)16-15(19)18(4)9-12-8-11(3)20-17-12/h5-8,10,14H,9H2,1-4H3,(H,16,19). The Hall–Kier alpha value is -1.82. The number of nitrogens with one attached hydrogen (secondary N) is 1. The van der Waals surface area contributed by atoms with Gasteiger partial charge in [0.15, 0.2) is 0 Å². The molecule has 2 aromatic rings. The third kappa shape index (κ3) is 4.07. The maximum atomic E-state index is 12.3. The first kappa shape index (κ1) is 15.6. The molecule has 0 spiro atoms. The molecular formula is C15H21N3O2S. The van der Waals surface area contributed by atoms with E-state index in [1.807, 2.05) is 24.4 Å². The summed E-state index contributed by atoms with van der Waals surface area (Å²) in [6, 6.07) is 5.81. The summed E-state index contributed by atoms with van der Waals surface area (Å²) in [7, 11) is 1.76. The minimum atomic E-state index is -0.109. The van der Waals surface area contributed by atoms with Gasteiger partial charge in [0.05, 0.1) is 12.6 Å². The van der Waals surface area contributed by atoms with Crippen LogP contribution in [0.5, 0.6) is 0 Å². The van der Waals surface area contributed by atoms with E-state index in [-0.39, 0.29) is 12.1 Å². The summed E-state index contributed by atoms with van der Waals surface area (Å²) in [5, 5.41) is 9.02. The lowest BCUT2D eigenvalue weighted by Crippen LogP contribution is -2.40. The van der Waals surface area contributed by atoms with Gasteiger partial charge in [0.1, 0.15) is 11.5 Å². The Morgan fingerprint density at radius 2 is 2.29 bits per heavy atom. The van der Waals surface area contributed by atoms with Crippen molar-refractivity contribution in [3.63, 3.8) is 0 Å². The maximum Gasteiger partial charge on any atom is 0.318 e. The molecule has 1 atom stereocenters. The Kier molecular flexibility index (Phi) is 5.01. The number of hydrogen-bond donors (Lipinski definition) is 1. The topological polar surface area (TPSA) is 58.4 Å². The fraction of sp³-hybridized carbons (Fsp3) is 0.467. The molecule has 5 nitrogen and oxygen atoms in total. The molecule has 21 heavy (non-hydrogen) atoms. The second kappa shape index (κ2) is 6.76. The summed E-state index contributed by atoms with van der Waals surface area (Å²) < 4.78 is 5.02. The van der Waals surface area contributed by atoms with Crippen LogP contribution in [0.3, 0.4) is 0 Å². The fourth-order valence-electron chi connectivity index (χ4n) is 2.09. The van der Waals surface area contributed by atoms with Gasteiger partial charge >= 0.3 is 6.03 Å². The average Bonchev–Trinajstić information content (AvgIpc) is 3.07. The molecule has 114 valence electrons. The van der Waals surface area contributed by atoms with E-state index >= 15 is 0 Å². The molecule has 2 amide bonds. The predicted octanol–water partition coefficient (Wildman–Crippen LogP) is 3.58. The van der Waals surface area contributed by atoms with Crippen molar-refractivity contribution in [3.05, 3.63) is 39.9 Å². The van der Waals surface area contributed by atoms with Crippen LogP contribution in [0.4, 0.5) is 4.79 Å². The van der Waals surface area contributed by atoms with Gasteiger partial charge in [0, 0.05) is 18.0 Å². The van der Waals surface area contributed by atoms with E-state index in [0.717, 1.165) is 11.5 Å². The molecule has 0 fully saturated rings. The summed E-state index contributed by atoms with van der Waals surface area (Å²) in [6.07, 6.45) is 0. The predicted molar refractivity (Wildman–Crippen MR) is 83.1 cm³/mol. The molecule has 0 radical (unpaired) electrons. The molecule has 2 heterocycles. The van der Waals surface area contributed by atoms with Crippen molar-refractivity contribution in [1.82, 2.24) is 15.4 Å². The second-order valence-electron chi connectivity index (χ2n) is 5.47. The van der Waals surface area contributed by atoms with E-state index in [1.54, 1.807) is 23.3 Å². The lowest BCUT2D eigenvalue weighted by atomic mass is 10.0. The van der Waals surface area contributed by atoms with Crippen LogP contribution in [0.1, 0.15) is 36.2 Å². The molecule has 0 aromatic carbocycles. The summed E-state index contributed by atoms with van der Waals surface area (Å²) in [6.45, 7) is 6.47. The van der Waals surface area contributed by atoms with Gasteiger partial charge < -0.3 is 14.7 Å². The highest BCUT2D eigenvalue weighted by Gasteiger charge is 2.21. The van der Waals surface area contributed by atoms with E-state index < -0.39 is 0 Å². The van der Waals surface area contributed by atoms with Crippen LogP contribution in [0.2, 0.25) is 0 Å². The van der Waals surface area contributed by atoms with Crippen molar-refractivity contribution < 1.29 is 9.32 Å². The van der Waals surface area contributed by atoms with E-state index in [9.17, 15) is 4.79 Å². The number of urea groups is 1. The first-order valence-corrected chi connectivity index (χ1v) is 7.82. The van der Waals surface area contributed by atoms with Crippen LogP contribution in [0, 0.1) is 12.8 Å². The van der Waals surface area contributed by atoms with Gasteiger partial charge in [-0.15, -0.1) is 11.3 Å². The molecule has 0 aliphatic rings.